The van der Waals surface area contributed by atoms with E-state index in [1.165, 1.54) is 26.3 Å². The van der Waals surface area contributed by atoms with Crippen LogP contribution in [0, 0.1) is 5.82 Å². The van der Waals surface area contributed by atoms with Crippen molar-refractivity contribution < 1.29 is 23.1 Å². The van der Waals surface area contributed by atoms with Gasteiger partial charge < -0.3 is 19.8 Å². The van der Waals surface area contributed by atoms with Gasteiger partial charge in [0.15, 0.2) is 0 Å². The molecule has 41 heavy (non-hydrogen) atoms. The topological polar surface area (TPSA) is 92.9 Å². The molecule has 1 fully saturated rings. The molecule has 2 N–H and O–H groups in total. The summed E-state index contributed by atoms with van der Waals surface area (Å²) >= 11 is 6.68. The summed E-state index contributed by atoms with van der Waals surface area (Å²) in [7, 11) is 2.99. The first-order valence-corrected chi connectivity index (χ1v) is 13.2. The quantitative estimate of drug-likeness (QED) is 0.168. The minimum atomic E-state index is -0.618. The van der Waals surface area contributed by atoms with Crippen LogP contribution in [0.3, 0.4) is 0 Å². The maximum absolute atomic E-state index is 13.6. The van der Waals surface area contributed by atoms with Crippen molar-refractivity contribution in [1.82, 2.24) is 10.6 Å². The number of nitrogens with zero attached hydrogens (tertiary/aromatic N) is 1. The Labute approximate surface area is 241 Å². The molecule has 7 nitrogen and oxygen atoms in total. The molecule has 1 saturated carbocycles. The van der Waals surface area contributed by atoms with Crippen LogP contribution in [-0.4, -0.2) is 38.2 Å². The minimum absolute atomic E-state index is 0.283. The van der Waals surface area contributed by atoms with Gasteiger partial charge >= 0.3 is 0 Å². The van der Waals surface area contributed by atoms with E-state index in [4.69, 9.17) is 20.8 Å². The summed E-state index contributed by atoms with van der Waals surface area (Å²) in [5.74, 6) is -0.503. The van der Waals surface area contributed by atoms with Crippen LogP contribution in [0.2, 0.25) is 5.02 Å². The molecule has 3 aromatic carbocycles. The molecule has 1 aliphatic rings. The standard InChI is InChI=1S/C32H27ClFN3O4/c1-5-6-27(35-2)32(13-14-32)37-30(38)23-16-21(24(33)17-26(23)40-4)19-9-12-25-22(15-19)28(31(39)36-3)29(41-25)18-7-10-20(34)11-8-18/h5-12,15-17H,1-2,13-14H2,3-4H3,(H,36,39)(H,37,38)/b27-6-. The van der Waals surface area contributed by atoms with Gasteiger partial charge in [-0.15, -0.1) is 0 Å². The highest BCUT2D eigenvalue weighted by Gasteiger charge is 2.47. The average Bonchev–Trinajstić information content (AvgIpc) is 3.65. The molecule has 1 aliphatic carbocycles. The number of benzene rings is 3. The number of halogens is 2. The predicted molar refractivity (Wildman–Crippen MR) is 159 cm³/mol. The molecule has 0 atom stereocenters. The second-order valence-corrected chi connectivity index (χ2v) is 10.0. The summed E-state index contributed by atoms with van der Waals surface area (Å²) in [4.78, 5) is 30.6. The normalized spacial score (nSPS) is 13.9. The van der Waals surface area contributed by atoms with Crippen LogP contribution in [0.25, 0.3) is 33.4 Å². The number of carbonyl (C=O) groups excluding carboxylic acids is 2. The van der Waals surface area contributed by atoms with E-state index < -0.39 is 11.4 Å². The Morgan fingerprint density at radius 3 is 2.41 bits per heavy atom. The molecule has 0 unspecified atom stereocenters. The number of aliphatic imine (C=N–C) groups is 1. The monoisotopic (exact) mass is 571 g/mol. The number of furan rings is 1. The molecule has 2 amide bonds. The van der Waals surface area contributed by atoms with E-state index in [9.17, 15) is 14.0 Å². The number of methoxy groups -OCH3 is 1. The highest BCUT2D eigenvalue weighted by Crippen LogP contribution is 2.44. The van der Waals surface area contributed by atoms with Crippen molar-refractivity contribution in [2.45, 2.75) is 18.4 Å². The molecule has 0 aliphatic heterocycles. The van der Waals surface area contributed by atoms with Gasteiger partial charge in [0.2, 0.25) is 0 Å². The van der Waals surface area contributed by atoms with Crippen molar-refractivity contribution >= 4 is 41.1 Å². The molecule has 0 spiro atoms. The van der Waals surface area contributed by atoms with Crippen LogP contribution >= 0.6 is 11.6 Å². The van der Waals surface area contributed by atoms with Crippen molar-refractivity contribution in [3.8, 4) is 28.2 Å². The Morgan fingerprint density at radius 2 is 1.80 bits per heavy atom. The Hall–Kier alpha value is -4.69. The van der Waals surface area contributed by atoms with Gasteiger partial charge in [0.05, 0.1) is 34.5 Å². The van der Waals surface area contributed by atoms with Gasteiger partial charge in [-0.1, -0.05) is 30.3 Å². The molecule has 208 valence electrons. The van der Waals surface area contributed by atoms with Crippen LogP contribution in [-0.2, 0) is 0 Å². The van der Waals surface area contributed by atoms with Crippen molar-refractivity contribution in [3.63, 3.8) is 0 Å². The van der Waals surface area contributed by atoms with Crippen LogP contribution < -0.4 is 15.4 Å². The summed E-state index contributed by atoms with van der Waals surface area (Å²) in [5, 5.41) is 6.61. The van der Waals surface area contributed by atoms with E-state index in [0.29, 0.717) is 55.5 Å². The first-order valence-electron chi connectivity index (χ1n) is 12.8. The van der Waals surface area contributed by atoms with E-state index in [1.54, 1.807) is 54.6 Å². The van der Waals surface area contributed by atoms with Crippen LogP contribution in [0.4, 0.5) is 4.39 Å². The Bertz CT molecular complexity index is 1740. The number of carbonyl (C=O) groups is 2. The van der Waals surface area contributed by atoms with Gasteiger partial charge in [-0.3, -0.25) is 14.6 Å². The number of nitrogens with one attached hydrogen (secondary N) is 2. The average molecular weight is 572 g/mol. The van der Waals surface area contributed by atoms with E-state index in [0.717, 1.165) is 12.8 Å². The lowest BCUT2D eigenvalue weighted by atomic mass is 9.98. The van der Waals surface area contributed by atoms with Crippen molar-refractivity contribution in [2.24, 2.45) is 4.99 Å². The SMILES string of the molecule is C=C/C=C(\N=C)C1(NC(=O)c2cc(-c3ccc4oc(-c5ccc(F)cc5)c(C(=O)NC)c4c3)c(Cl)cc2OC)CC1. The molecule has 0 saturated heterocycles. The fourth-order valence-electron chi connectivity index (χ4n) is 4.87. The zero-order chi connectivity index (χ0) is 29.3. The summed E-state index contributed by atoms with van der Waals surface area (Å²) in [5.41, 5.74) is 2.82. The lowest BCUT2D eigenvalue weighted by Crippen LogP contribution is -2.38. The Balaban J connectivity index is 1.60. The highest BCUT2D eigenvalue weighted by molar-refractivity contribution is 6.34. The molecule has 5 rings (SSSR count). The first kappa shape index (κ1) is 27.9. The molecule has 4 aromatic rings. The molecular formula is C32H27ClFN3O4. The zero-order valence-electron chi connectivity index (χ0n) is 22.5. The molecule has 1 heterocycles. The lowest BCUT2D eigenvalue weighted by Gasteiger charge is -2.19. The maximum atomic E-state index is 13.6. The summed E-state index contributed by atoms with van der Waals surface area (Å²) in [6.07, 6.45) is 4.78. The molecular weight excluding hydrogens is 545 g/mol. The maximum Gasteiger partial charge on any atom is 0.255 e. The fourth-order valence-corrected chi connectivity index (χ4v) is 5.14. The van der Waals surface area contributed by atoms with E-state index in [1.807, 2.05) is 0 Å². The van der Waals surface area contributed by atoms with Crippen molar-refractivity contribution in [1.29, 1.82) is 0 Å². The number of hydrogen-bond donors (Lipinski definition) is 2. The number of allylic oxidation sites excluding steroid dienone is 2. The predicted octanol–water partition coefficient (Wildman–Crippen LogP) is 6.96. The zero-order valence-corrected chi connectivity index (χ0v) is 23.3. The van der Waals surface area contributed by atoms with Gasteiger partial charge in [0.1, 0.15) is 22.9 Å². The Kier molecular flexibility index (Phi) is 7.51. The number of amides is 2. The molecule has 1 aromatic heterocycles. The third kappa shape index (κ3) is 5.14. The number of ether oxygens (including phenoxy) is 1. The van der Waals surface area contributed by atoms with E-state index in [2.05, 4.69) is 28.9 Å². The smallest absolute Gasteiger partial charge is 0.255 e. The van der Waals surface area contributed by atoms with Gasteiger partial charge in [0, 0.05) is 29.6 Å². The largest absolute Gasteiger partial charge is 0.496 e. The Morgan fingerprint density at radius 1 is 1.10 bits per heavy atom. The molecule has 0 radical (unpaired) electrons. The third-order valence-corrected chi connectivity index (χ3v) is 7.45. The van der Waals surface area contributed by atoms with E-state index >= 15 is 0 Å². The fraction of sp³-hybridized carbons (Fsp3) is 0.156. The number of rotatable bonds is 9. The number of fused-ring (bicyclic) bond motifs is 1. The molecule has 9 heteroatoms. The van der Waals surface area contributed by atoms with Crippen LogP contribution in [0.15, 0.2) is 88.4 Å². The van der Waals surface area contributed by atoms with Crippen molar-refractivity contribution in [3.05, 3.63) is 101 Å². The van der Waals surface area contributed by atoms with Gasteiger partial charge in [-0.2, -0.15) is 0 Å². The van der Waals surface area contributed by atoms with E-state index in [-0.39, 0.29) is 17.4 Å². The van der Waals surface area contributed by atoms with Gasteiger partial charge in [0.25, 0.3) is 11.8 Å². The van der Waals surface area contributed by atoms with Gasteiger partial charge in [-0.25, -0.2) is 4.39 Å². The summed E-state index contributed by atoms with van der Waals surface area (Å²) in [6.45, 7) is 7.35. The second kappa shape index (κ2) is 11.1. The van der Waals surface area contributed by atoms with Crippen molar-refractivity contribution in [2.75, 3.05) is 14.2 Å². The summed E-state index contributed by atoms with van der Waals surface area (Å²) < 4.78 is 25.1. The third-order valence-electron chi connectivity index (χ3n) is 7.13. The minimum Gasteiger partial charge on any atom is -0.496 e. The second-order valence-electron chi connectivity index (χ2n) is 9.62. The summed E-state index contributed by atoms with van der Waals surface area (Å²) in [6, 6.07) is 14.3. The number of hydrogen-bond acceptors (Lipinski definition) is 5. The van der Waals surface area contributed by atoms with Crippen LogP contribution in [0.1, 0.15) is 33.6 Å². The molecule has 0 bridgehead atoms. The first-order chi connectivity index (χ1) is 19.7. The highest BCUT2D eigenvalue weighted by atomic mass is 35.5. The lowest BCUT2D eigenvalue weighted by molar-refractivity contribution is 0.0933. The van der Waals surface area contributed by atoms with Gasteiger partial charge in [-0.05, 0) is 73.7 Å². The van der Waals surface area contributed by atoms with Crippen LogP contribution in [0.5, 0.6) is 5.75 Å².